The third-order valence-corrected chi connectivity index (χ3v) is 1.81. The minimum Gasteiger partial charge on any atom is -0.351 e. The monoisotopic (exact) mass is 213 g/mol. The largest absolute Gasteiger partial charge is 0.351 e. The molecule has 0 bridgehead atoms. The average Bonchev–Trinajstić information content (AvgIpc) is 2.39. The van der Waals surface area contributed by atoms with Gasteiger partial charge in [0, 0.05) is 0 Å². The maximum absolute atomic E-state index is 11.2. The van der Waals surface area contributed by atoms with Crippen molar-refractivity contribution < 1.29 is 4.79 Å². The smallest absolute Gasteiger partial charge is 0.334 e. The average molecular weight is 214 g/mol. The standard InChI is InChI=1S/C8H7N3O2.ClH/c9-7(12)11-6-4-2-1-3-5(6)10-8(11)13;/h1-4H,(H2,9,12)(H,10,13);1H. The molecule has 1 amide bonds. The third-order valence-electron chi connectivity index (χ3n) is 1.81. The maximum Gasteiger partial charge on any atom is 0.334 e. The number of nitrogens with zero attached hydrogens (tertiary/aromatic N) is 1. The zero-order valence-electron chi connectivity index (χ0n) is 7.06. The first-order valence-corrected chi connectivity index (χ1v) is 3.70. The minimum atomic E-state index is -0.776. The van der Waals surface area contributed by atoms with Gasteiger partial charge in [0.15, 0.2) is 0 Å². The predicted molar refractivity (Wildman–Crippen MR) is 54.8 cm³/mol. The van der Waals surface area contributed by atoms with E-state index in [2.05, 4.69) is 4.98 Å². The molecule has 5 nitrogen and oxygen atoms in total. The van der Waals surface area contributed by atoms with E-state index < -0.39 is 11.7 Å². The number of amides is 1. The Bertz CT molecular complexity index is 529. The Hall–Kier alpha value is -1.75. The minimum absolute atomic E-state index is 0. The Morgan fingerprint density at radius 2 is 2.00 bits per heavy atom. The number of halogens is 1. The van der Waals surface area contributed by atoms with Gasteiger partial charge in [-0.05, 0) is 12.1 Å². The second-order valence-electron chi connectivity index (χ2n) is 2.62. The predicted octanol–water partition coefficient (Wildman–Crippen LogP) is 0.678. The van der Waals surface area contributed by atoms with Crippen molar-refractivity contribution >= 4 is 29.5 Å². The number of carbonyl (C=O) groups excluding carboxylic acids is 1. The number of fused-ring (bicyclic) bond motifs is 1. The van der Waals surface area contributed by atoms with Crippen LogP contribution in [0.2, 0.25) is 0 Å². The summed E-state index contributed by atoms with van der Waals surface area (Å²) >= 11 is 0. The number of rotatable bonds is 0. The van der Waals surface area contributed by atoms with Gasteiger partial charge >= 0.3 is 11.7 Å². The molecule has 0 spiro atoms. The second kappa shape index (κ2) is 3.55. The molecule has 1 heterocycles. The molecule has 6 heteroatoms. The number of benzene rings is 1. The molecule has 0 fully saturated rings. The van der Waals surface area contributed by atoms with Crippen LogP contribution in [0.1, 0.15) is 0 Å². The fourth-order valence-corrected chi connectivity index (χ4v) is 1.27. The van der Waals surface area contributed by atoms with Gasteiger partial charge in [0.25, 0.3) is 0 Å². The van der Waals surface area contributed by atoms with E-state index in [1.165, 1.54) is 0 Å². The Labute approximate surface area is 84.9 Å². The van der Waals surface area contributed by atoms with E-state index in [-0.39, 0.29) is 12.4 Å². The van der Waals surface area contributed by atoms with Crippen molar-refractivity contribution in [3.8, 4) is 0 Å². The summed E-state index contributed by atoms with van der Waals surface area (Å²) in [7, 11) is 0. The molecule has 0 aliphatic carbocycles. The van der Waals surface area contributed by atoms with E-state index in [0.29, 0.717) is 11.0 Å². The van der Waals surface area contributed by atoms with Crippen molar-refractivity contribution in [2.24, 2.45) is 5.73 Å². The molecule has 0 aliphatic rings. The molecule has 0 unspecified atom stereocenters. The summed E-state index contributed by atoms with van der Waals surface area (Å²) in [5, 5.41) is 0. The number of hydrogen-bond acceptors (Lipinski definition) is 2. The molecule has 3 N–H and O–H groups in total. The third kappa shape index (κ3) is 1.38. The molecule has 0 radical (unpaired) electrons. The summed E-state index contributed by atoms with van der Waals surface area (Å²) in [6.45, 7) is 0. The quantitative estimate of drug-likeness (QED) is 0.675. The summed E-state index contributed by atoms with van der Waals surface area (Å²) in [6.07, 6.45) is 0. The first kappa shape index (κ1) is 10.3. The number of nitrogens with two attached hydrogens (primary N) is 1. The molecule has 1 aromatic carbocycles. The second-order valence-corrected chi connectivity index (χ2v) is 2.62. The molecule has 74 valence electrons. The topological polar surface area (TPSA) is 80.9 Å². The van der Waals surface area contributed by atoms with Crippen molar-refractivity contribution in [2.75, 3.05) is 0 Å². The SMILES string of the molecule is Cl.NC(=O)n1c(=O)[nH]c2ccccc21. The number of carbonyl (C=O) groups is 1. The highest BCUT2D eigenvalue weighted by Crippen LogP contribution is 2.07. The fourth-order valence-electron chi connectivity index (χ4n) is 1.27. The number of nitrogens with one attached hydrogen (secondary N) is 1. The van der Waals surface area contributed by atoms with Crippen LogP contribution in [-0.4, -0.2) is 15.6 Å². The number of hydrogen-bond donors (Lipinski definition) is 2. The number of imidazole rings is 1. The molecule has 14 heavy (non-hydrogen) atoms. The summed E-state index contributed by atoms with van der Waals surface area (Å²) in [5.74, 6) is 0. The van der Waals surface area contributed by atoms with Crippen molar-refractivity contribution in [3.05, 3.63) is 34.7 Å². The highest BCUT2D eigenvalue weighted by Gasteiger charge is 2.08. The van der Waals surface area contributed by atoms with Crippen LogP contribution in [0.15, 0.2) is 29.1 Å². The van der Waals surface area contributed by atoms with Crippen LogP contribution in [0.25, 0.3) is 11.0 Å². The van der Waals surface area contributed by atoms with Crippen molar-refractivity contribution in [1.29, 1.82) is 0 Å². The molecule has 2 rings (SSSR count). The van der Waals surface area contributed by atoms with Gasteiger partial charge in [0.2, 0.25) is 0 Å². The van der Waals surface area contributed by atoms with E-state index in [4.69, 9.17) is 5.73 Å². The summed E-state index contributed by atoms with van der Waals surface area (Å²) in [5.41, 5.74) is 5.63. The van der Waals surface area contributed by atoms with Crippen LogP contribution in [0.3, 0.4) is 0 Å². The lowest BCUT2D eigenvalue weighted by Crippen LogP contribution is -2.29. The van der Waals surface area contributed by atoms with E-state index in [0.717, 1.165) is 4.57 Å². The molecule has 0 saturated heterocycles. The van der Waals surface area contributed by atoms with E-state index >= 15 is 0 Å². The lowest BCUT2D eigenvalue weighted by Gasteiger charge is -1.93. The lowest BCUT2D eigenvalue weighted by molar-refractivity contribution is 0.250. The summed E-state index contributed by atoms with van der Waals surface area (Å²) in [4.78, 5) is 24.6. The van der Waals surface area contributed by atoms with Crippen LogP contribution in [0, 0.1) is 0 Å². The zero-order valence-corrected chi connectivity index (χ0v) is 7.88. The highest BCUT2D eigenvalue weighted by molar-refractivity contribution is 5.87. The molecule has 2 aromatic rings. The lowest BCUT2D eigenvalue weighted by atomic mass is 10.3. The van der Waals surface area contributed by atoms with Gasteiger partial charge in [-0.3, -0.25) is 0 Å². The number of aromatic amines is 1. The van der Waals surface area contributed by atoms with Crippen molar-refractivity contribution in [3.63, 3.8) is 0 Å². The first-order chi connectivity index (χ1) is 6.20. The van der Waals surface area contributed by atoms with E-state index in [1.807, 2.05) is 0 Å². The van der Waals surface area contributed by atoms with Gasteiger partial charge in [-0.2, -0.15) is 0 Å². The maximum atomic E-state index is 11.2. The molecular weight excluding hydrogens is 206 g/mol. The van der Waals surface area contributed by atoms with Crippen LogP contribution >= 0.6 is 12.4 Å². The fraction of sp³-hybridized carbons (Fsp3) is 0. The number of H-pyrrole nitrogens is 1. The van der Waals surface area contributed by atoms with Crippen molar-refractivity contribution in [2.45, 2.75) is 0 Å². The summed E-state index contributed by atoms with van der Waals surface area (Å²) in [6, 6.07) is 6.08. The van der Waals surface area contributed by atoms with Gasteiger partial charge < -0.3 is 10.7 Å². The molecule has 0 saturated carbocycles. The van der Waals surface area contributed by atoms with Crippen LogP contribution in [-0.2, 0) is 0 Å². The Kier molecular flexibility index (Phi) is 2.62. The summed E-state index contributed by atoms with van der Waals surface area (Å²) < 4.78 is 0.898. The zero-order chi connectivity index (χ0) is 9.42. The molecular formula is C8H8ClN3O2. The number of primary amides is 1. The Morgan fingerprint density at radius 1 is 1.36 bits per heavy atom. The van der Waals surface area contributed by atoms with Crippen LogP contribution in [0.5, 0.6) is 0 Å². The normalized spacial score (nSPS) is 9.71. The Balaban J connectivity index is 0.000000980. The van der Waals surface area contributed by atoms with Crippen LogP contribution in [0.4, 0.5) is 4.79 Å². The molecule has 1 aromatic heterocycles. The van der Waals surface area contributed by atoms with Gasteiger partial charge in [0.1, 0.15) is 0 Å². The van der Waals surface area contributed by atoms with Gasteiger partial charge in [-0.15, -0.1) is 12.4 Å². The van der Waals surface area contributed by atoms with Gasteiger partial charge in [0.05, 0.1) is 11.0 Å². The molecule has 0 aliphatic heterocycles. The van der Waals surface area contributed by atoms with Gasteiger partial charge in [-0.1, -0.05) is 12.1 Å². The van der Waals surface area contributed by atoms with Crippen molar-refractivity contribution in [1.82, 2.24) is 9.55 Å². The van der Waals surface area contributed by atoms with Gasteiger partial charge in [-0.25, -0.2) is 14.2 Å². The highest BCUT2D eigenvalue weighted by atomic mass is 35.5. The first-order valence-electron chi connectivity index (χ1n) is 3.70. The molecule has 0 atom stereocenters. The van der Waals surface area contributed by atoms with Crippen LogP contribution < -0.4 is 11.4 Å². The Morgan fingerprint density at radius 3 is 2.64 bits per heavy atom. The van der Waals surface area contributed by atoms with E-state index in [9.17, 15) is 9.59 Å². The number of para-hydroxylation sites is 2. The van der Waals surface area contributed by atoms with E-state index in [1.54, 1.807) is 24.3 Å². The number of aromatic nitrogens is 2.